The number of hydrogen-bond donors (Lipinski definition) is 0. The zero-order chi connectivity index (χ0) is 24.5. The number of benzene rings is 2. The van der Waals surface area contributed by atoms with Crippen LogP contribution in [0.2, 0.25) is 5.02 Å². The average molecular weight is 498 g/mol. The summed E-state index contributed by atoms with van der Waals surface area (Å²) in [6.07, 6.45) is 0. The van der Waals surface area contributed by atoms with Crippen LogP contribution in [0.4, 0.5) is 4.39 Å². The van der Waals surface area contributed by atoms with E-state index in [2.05, 4.69) is 31.0 Å². The van der Waals surface area contributed by atoms with Crippen LogP contribution in [-0.2, 0) is 19.0 Å². The summed E-state index contributed by atoms with van der Waals surface area (Å²) in [4.78, 5) is 12.6. The Kier molecular flexibility index (Phi) is 6.91. The van der Waals surface area contributed by atoms with E-state index in [4.69, 9.17) is 16.7 Å². The molecule has 4 aromatic rings. The number of Topliss-reactive ketones (excluding diaryl/α,β-unsaturated/α-hetero) is 1. The lowest BCUT2D eigenvalue weighted by Gasteiger charge is -2.14. The van der Waals surface area contributed by atoms with Crippen LogP contribution in [0.15, 0.2) is 59.8 Å². The van der Waals surface area contributed by atoms with Gasteiger partial charge in [0.2, 0.25) is 0 Å². The molecule has 0 saturated heterocycles. The van der Waals surface area contributed by atoms with Crippen LogP contribution in [0, 0.1) is 5.82 Å². The molecule has 0 unspecified atom stereocenters. The highest BCUT2D eigenvalue weighted by Crippen LogP contribution is 2.29. The lowest BCUT2D eigenvalue weighted by atomic mass is 9.92. The van der Waals surface area contributed by atoms with Crippen LogP contribution >= 0.6 is 23.4 Å². The maximum absolute atomic E-state index is 13.4. The van der Waals surface area contributed by atoms with Gasteiger partial charge in [0.05, 0.1) is 18.0 Å². The molecule has 0 aliphatic carbocycles. The third kappa shape index (κ3) is 5.39. The van der Waals surface area contributed by atoms with Gasteiger partial charge in [-0.15, -0.1) is 10.2 Å². The highest BCUT2D eigenvalue weighted by Gasteiger charge is 2.24. The second kappa shape index (κ2) is 9.72. The van der Waals surface area contributed by atoms with Gasteiger partial charge in [0.1, 0.15) is 11.5 Å². The summed E-state index contributed by atoms with van der Waals surface area (Å²) in [6.45, 7) is 6.76. The number of ketones is 1. The van der Waals surface area contributed by atoms with Crippen molar-refractivity contribution in [3.63, 3.8) is 0 Å². The maximum atomic E-state index is 13.4. The third-order valence-electron chi connectivity index (χ3n) is 5.36. The maximum Gasteiger partial charge on any atom is 0.191 e. The number of hydrogen-bond acceptors (Lipinski definition) is 5. The molecule has 0 aliphatic heterocycles. The highest BCUT2D eigenvalue weighted by atomic mass is 35.5. The summed E-state index contributed by atoms with van der Waals surface area (Å²) in [6, 6.07) is 15.2. The smallest absolute Gasteiger partial charge is 0.191 e. The predicted molar refractivity (Wildman–Crippen MR) is 133 cm³/mol. The Balaban J connectivity index is 1.60. The van der Waals surface area contributed by atoms with E-state index in [-0.39, 0.29) is 22.8 Å². The normalized spacial score (nSPS) is 11.7. The van der Waals surface area contributed by atoms with Crippen LogP contribution in [0.3, 0.4) is 0 Å². The van der Waals surface area contributed by atoms with Crippen molar-refractivity contribution in [2.45, 2.75) is 37.9 Å². The Morgan fingerprint density at radius 2 is 1.74 bits per heavy atom. The van der Waals surface area contributed by atoms with Crippen molar-refractivity contribution in [2.75, 3.05) is 5.75 Å². The number of nitrogens with zero attached hydrogens (tertiary/aromatic N) is 5. The standard InChI is InChI=1S/C25H25ClFN5OS/c1-25(2,3)22-13-20(32(30-22)14-16-5-11-19(27)12-6-16)23-28-29-24(31(23)4)34-15-21(33)17-7-9-18(26)10-8-17/h5-13H,14-15H2,1-4H3. The molecule has 2 aromatic carbocycles. The van der Waals surface area contributed by atoms with E-state index in [0.29, 0.717) is 28.1 Å². The first kappa shape index (κ1) is 24.2. The van der Waals surface area contributed by atoms with E-state index in [1.807, 2.05) is 22.4 Å². The third-order valence-corrected chi connectivity index (χ3v) is 6.63. The molecule has 0 saturated carbocycles. The fourth-order valence-corrected chi connectivity index (χ4v) is 4.29. The molecular weight excluding hydrogens is 473 g/mol. The molecule has 0 amide bonds. The molecule has 0 N–H and O–H groups in total. The minimum Gasteiger partial charge on any atom is -0.304 e. The summed E-state index contributed by atoms with van der Waals surface area (Å²) >= 11 is 7.24. The van der Waals surface area contributed by atoms with Gasteiger partial charge in [0, 0.05) is 23.0 Å². The Morgan fingerprint density at radius 1 is 1.06 bits per heavy atom. The molecule has 0 atom stereocenters. The molecule has 0 spiro atoms. The average Bonchev–Trinajstić information content (AvgIpc) is 3.37. The van der Waals surface area contributed by atoms with Gasteiger partial charge in [-0.2, -0.15) is 5.10 Å². The molecule has 34 heavy (non-hydrogen) atoms. The number of carbonyl (C=O) groups is 1. The molecule has 9 heteroatoms. The SMILES string of the molecule is Cn1c(SCC(=O)c2ccc(Cl)cc2)nnc1-c1cc(C(C)(C)C)nn1Cc1ccc(F)cc1. The Bertz CT molecular complexity index is 1310. The quantitative estimate of drug-likeness (QED) is 0.239. The first-order valence-corrected chi connectivity index (χ1v) is 12.1. The van der Waals surface area contributed by atoms with E-state index in [1.165, 1.54) is 23.9 Å². The van der Waals surface area contributed by atoms with Crippen molar-refractivity contribution in [3.05, 3.63) is 82.3 Å². The number of rotatable bonds is 7. The number of carbonyl (C=O) groups excluding carboxylic acids is 1. The summed E-state index contributed by atoms with van der Waals surface area (Å²) < 4.78 is 17.1. The molecule has 6 nitrogen and oxygen atoms in total. The number of thioether (sulfide) groups is 1. The zero-order valence-corrected chi connectivity index (χ0v) is 21.0. The molecule has 0 aliphatic rings. The Hall–Kier alpha value is -2.97. The van der Waals surface area contributed by atoms with Gasteiger partial charge < -0.3 is 4.57 Å². The number of aromatic nitrogens is 5. The molecule has 0 fully saturated rings. The van der Waals surface area contributed by atoms with Gasteiger partial charge in [0.15, 0.2) is 16.8 Å². The molecule has 4 rings (SSSR count). The van der Waals surface area contributed by atoms with Crippen LogP contribution in [0.5, 0.6) is 0 Å². The summed E-state index contributed by atoms with van der Waals surface area (Å²) in [7, 11) is 1.87. The van der Waals surface area contributed by atoms with Crippen molar-refractivity contribution in [3.8, 4) is 11.5 Å². The molecule has 2 heterocycles. The van der Waals surface area contributed by atoms with E-state index in [9.17, 15) is 9.18 Å². The van der Waals surface area contributed by atoms with Crippen molar-refractivity contribution in [1.29, 1.82) is 0 Å². The predicted octanol–water partition coefficient (Wildman–Crippen LogP) is 5.79. The first-order valence-electron chi connectivity index (χ1n) is 10.8. The lowest BCUT2D eigenvalue weighted by molar-refractivity contribution is 0.102. The topological polar surface area (TPSA) is 65.6 Å². The molecule has 2 aromatic heterocycles. The largest absolute Gasteiger partial charge is 0.304 e. The van der Waals surface area contributed by atoms with E-state index >= 15 is 0 Å². The van der Waals surface area contributed by atoms with Gasteiger partial charge in [-0.25, -0.2) is 4.39 Å². The molecule has 0 radical (unpaired) electrons. The van der Waals surface area contributed by atoms with E-state index in [1.54, 1.807) is 36.4 Å². The van der Waals surface area contributed by atoms with E-state index in [0.717, 1.165) is 17.0 Å². The van der Waals surface area contributed by atoms with Crippen molar-refractivity contribution in [2.24, 2.45) is 7.05 Å². The summed E-state index contributed by atoms with van der Waals surface area (Å²) in [5.41, 5.74) is 3.09. The van der Waals surface area contributed by atoms with Crippen LogP contribution < -0.4 is 0 Å². The van der Waals surface area contributed by atoms with Gasteiger partial charge in [0.25, 0.3) is 0 Å². The van der Waals surface area contributed by atoms with Gasteiger partial charge >= 0.3 is 0 Å². The minimum atomic E-state index is -0.275. The van der Waals surface area contributed by atoms with Gasteiger partial charge in [-0.1, -0.05) is 56.3 Å². The summed E-state index contributed by atoms with van der Waals surface area (Å²) in [5.74, 6) is 0.590. The highest BCUT2D eigenvalue weighted by molar-refractivity contribution is 7.99. The van der Waals surface area contributed by atoms with Crippen LogP contribution in [-0.4, -0.2) is 36.1 Å². The molecular formula is C25H25ClFN5OS. The first-order chi connectivity index (χ1) is 16.1. The Morgan fingerprint density at radius 3 is 2.38 bits per heavy atom. The monoisotopic (exact) mass is 497 g/mol. The number of halogens is 2. The zero-order valence-electron chi connectivity index (χ0n) is 19.4. The van der Waals surface area contributed by atoms with Gasteiger partial charge in [-0.05, 0) is 48.0 Å². The van der Waals surface area contributed by atoms with E-state index < -0.39 is 0 Å². The van der Waals surface area contributed by atoms with Crippen molar-refractivity contribution in [1.82, 2.24) is 24.5 Å². The second-order valence-electron chi connectivity index (χ2n) is 9.03. The summed E-state index contributed by atoms with van der Waals surface area (Å²) in [5, 5.41) is 14.8. The molecule has 0 bridgehead atoms. The van der Waals surface area contributed by atoms with Crippen molar-refractivity contribution < 1.29 is 9.18 Å². The van der Waals surface area contributed by atoms with Crippen LogP contribution in [0.25, 0.3) is 11.5 Å². The van der Waals surface area contributed by atoms with Gasteiger partial charge in [-0.3, -0.25) is 9.48 Å². The van der Waals surface area contributed by atoms with Crippen LogP contribution in [0.1, 0.15) is 42.4 Å². The fraction of sp³-hybridized carbons (Fsp3) is 0.280. The minimum absolute atomic E-state index is 0.0115. The second-order valence-corrected chi connectivity index (χ2v) is 10.4. The fourth-order valence-electron chi connectivity index (χ4n) is 3.36. The molecule has 176 valence electrons. The Labute approximate surface area is 207 Å². The lowest BCUT2D eigenvalue weighted by Crippen LogP contribution is -2.13. The van der Waals surface area contributed by atoms with Crippen molar-refractivity contribution >= 4 is 29.1 Å².